The molecule has 2 aromatic rings. The number of carbonyl (C=O) groups is 4. The van der Waals surface area contributed by atoms with E-state index < -0.39 is 33.9 Å². The lowest BCUT2D eigenvalue weighted by molar-refractivity contribution is -0.151. The number of hydrogen-bond acceptors (Lipinski definition) is 7. The quantitative estimate of drug-likeness (QED) is 0.320. The number of imide groups is 2. The predicted molar refractivity (Wildman–Crippen MR) is 120 cm³/mol. The van der Waals surface area contributed by atoms with E-state index in [0.717, 1.165) is 15.4 Å². The Morgan fingerprint density at radius 1 is 0.912 bits per heavy atom. The van der Waals surface area contributed by atoms with Gasteiger partial charge < -0.3 is 0 Å². The van der Waals surface area contributed by atoms with Crippen LogP contribution in [0.25, 0.3) is 0 Å². The van der Waals surface area contributed by atoms with Gasteiger partial charge in [-0.3, -0.25) is 33.2 Å². The molecule has 0 N–H and O–H groups in total. The zero-order valence-corrected chi connectivity index (χ0v) is 19.4. The van der Waals surface area contributed by atoms with Crippen molar-refractivity contribution in [3.8, 4) is 0 Å². The van der Waals surface area contributed by atoms with Gasteiger partial charge in [-0.1, -0.05) is 29.8 Å². The second kappa shape index (κ2) is 9.47. The fourth-order valence-electron chi connectivity index (χ4n) is 4.10. The van der Waals surface area contributed by atoms with Gasteiger partial charge in [-0.05, 0) is 50.5 Å². The summed E-state index contributed by atoms with van der Waals surface area (Å²) in [6.45, 7) is 1.79. The molecule has 4 amide bonds. The second-order valence-corrected chi connectivity index (χ2v) is 9.88. The molecule has 0 aromatic heterocycles. The van der Waals surface area contributed by atoms with Crippen LogP contribution in [0.3, 0.4) is 0 Å². The van der Waals surface area contributed by atoms with Crippen molar-refractivity contribution in [1.82, 2.24) is 9.80 Å². The Labute approximate surface area is 197 Å². The number of hydrogen-bond donors (Lipinski definition) is 0. The number of unbranched alkanes of at least 4 members (excludes halogenated alkanes) is 1. The predicted octanol–water partition coefficient (Wildman–Crippen LogP) is 2.29. The average molecular weight is 485 g/mol. The summed E-state index contributed by atoms with van der Waals surface area (Å²) < 4.78 is 29.5. The molecule has 1 saturated heterocycles. The molecule has 0 radical (unpaired) electrons. The molecule has 10 heteroatoms. The van der Waals surface area contributed by atoms with Gasteiger partial charge in [0, 0.05) is 13.0 Å². The fraction of sp³-hybridized carbons (Fsp3) is 0.333. The monoisotopic (exact) mass is 484 g/mol. The van der Waals surface area contributed by atoms with Crippen molar-refractivity contribution in [2.24, 2.45) is 0 Å². The van der Waals surface area contributed by atoms with Gasteiger partial charge in [-0.25, -0.2) is 0 Å². The lowest BCUT2D eigenvalue weighted by Gasteiger charge is -2.34. The van der Waals surface area contributed by atoms with Gasteiger partial charge in [0.05, 0.1) is 22.6 Å². The molecule has 1 atom stereocenters. The summed E-state index contributed by atoms with van der Waals surface area (Å²) in [7, 11) is -3.89. The molecule has 0 bridgehead atoms. The topological polar surface area (TPSA) is 118 Å². The second-order valence-electron chi connectivity index (χ2n) is 8.26. The van der Waals surface area contributed by atoms with Crippen LogP contribution in [0.1, 0.15) is 52.0 Å². The molecule has 4 rings (SSSR count). The lowest BCUT2D eigenvalue weighted by Crippen LogP contribution is -2.56. The third-order valence-electron chi connectivity index (χ3n) is 5.95. The number of aryl methyl sites for hydroxylation is 1. The molecule has 2 heterocycles. The molecule has 2 aromatic carbocycles. The number of nitrogens with zero attached hydrogens (tertiary/aromatic N) is 2. The average Bonchev–Trinajstić information content (AvgIpc) is 3.06. The number of carbonyl (C=O) groups excluding carboxylic acids is 4. The maximum absolute atomic E-state index is 13.0. The van der Waals surface area contributed by atoms with Crippen molar-refractivity contribution in [2.45, 2.75) is 43.5 Å². The molecular weight excluding hydrogens is 460 g/mol. The van der Waals surface area contributed by atoms with Crippen LogP contribution in [0.2, 0.25) is 0 Å². The molecule has 0 aliphatic carbocycles. The van der Waals surface area contributed by atoms with E-state index >= 15 is 0 Å². The van der Waals surface area contributed by atoms with Crippen LogP contribution >= 0.6 is 0 Å². The summed E-state index contributed by atoms with van der Waals surface area (Å²) in [6.07, 6.45) is 0.717. The van der Waals surface area contributed by atoms with Crippen molar-refractivity contribution in [1.29, 1.82) is 0 Å². The maximum Gasteiger partial charge on any atom is 0.296 e. The summed E-state index contributed by atoms with van der Waals surface area (Å²) >= 11 is 0. The minimum absolute atomic E-state index is 0.0299. The summed E-state index contributed by atoms with van der Waals surface area (Å²) in [5.74, 6) is -2.06. The highest BCUT2D eigenvalue weighted by Gasteiger charge is 2.46. The van der Waals surface area contributed by atoms with Crippen LogP contribution in [0.5, 0.6) is 0 Å². The number of piperidine rings is 1. The van der Waals surface area contributed by atoms with Crippen LogP contribution in [-0.2, 0) is 23.9 Å². The van der Waals surface area contributed by atoms with E-state index in [0.29, 0.717) is 12.8 Å². The summed E-state index contributed by atoms with van der Waals surface area (Å²) in [5.41, 5.74) is 1.42. The zero-order valence-electron chi connectivity index (χ0n) is 18.6. The molecule has 9 nitrogen and oxygen atoms in total. The van der Waals surface area contributed by atoms with Crippen LogP contribution < -0.4 is 0 Å². The minimum Gasteiger partial charge on any atom is -0.281 e. The number of benzene rings is 2. The van der Waals surface area contributed by atoms with E-state index in [1.54, 1.807) is 24.3 Å². The first-order valence-electron chi connectivity index (χ1n) is 11.0. The molecule has 2 aliphatic heterocycles. The van der Waals surface area contributed by atoms with Crippen LogP contribution in [0.15, 0.2) is 53.4 Å². The van der Waals surface area contributed by atoms with E-state index in [-0.39, 0.29) is 47.9 Å². The first kappa shape index (κ1) is 23.8. The summed E-state index contributed by atoms with van der Waals surface area (Å²) in [6, 6.07) is 11.6. The Morgan fingerprint density at radius 2 is 1.53 bits per heavy atom. The highest BCUT2D eigenvalue weighted by Crippen LogP contribution is 2.29. The Morgan fingerprint density at radius 3 is 2.15 bits per heavy atom. The Balaban J connectivity index is 1.33. The first-order valence-corrected chi connectivity index (χ1v) is 12.4. The van der Waals surface area contributed by atoms with E-state index in [2.05, 4.69) is 0 Å². The number of amides is 4. The molecule has 178 valence electrons. The molecule has 0 saturated carbocycles. The smallest absolute Gasteiger partial charge is 0.281 e. The van der Waals surface area contributed by atoms with E-state index in [4.69, 9.17) is 4.18 Å². The van der Waals surface area contributed by atoms with Gasteiger partial charge in [0.25, 0.3) is 27.8 Å². The van der Waals surface area contributed by atoms with Crippen molar-refractivity contribution in [3.63, 3.8) is 0 Å². The zero-order chi connectivity index (χ0) is 24.5. The molecule has 34 heavy (non-hydrogen) atoms. The van der Waals surface area contributed by atoms with Crippen molar-refractivity contribution in [3.05, 3.63) is 65.2 Å². The van der Waals surface area contributed by atoms with Crippen molar-refractivity contribution >= 4 is 33.7 Å². The molecule has 1 fully saturated rings. The van der Waals surface area contributed by atoms with Gasteiger partial charge >= 0.3 is 0 Å². The highest BCUT2D eigenvalue weighted by atomic mass is 32.2. The number of likely N-dealkylation sites (tertiary alicyclic amines) is 1. The van der Waals surface area contributed by atoms with Gasteiger partial charge in [0.2, 0.25) is 5.91 Å². The molecule has 0 spiro atoms. The SMILES string of the molecule is Cc1ccc(S(=O)(=O)OCCCCN2C(=O)CCC(N3C(=O)c4ccccc4C3=O)C2=O)cc1. The van der Waals surface area contributed by atoms with Crippen LogP contribution in [-0.4, -0.2) is 61.0 Å². The van der Waals surface area contributed by atoms with E-state index in [1.165, 1.54) is 24.3 Å². The maximum atomic E-state index is 13.0. The molecular formula is C24H24N2O7S. The minimum atomic E-state index is -3.89. The van der Waals surface area contributed by atoms with Gasteiger partial charge in [0.15, 0.2) is 0 Å². The Hall–Kier alpha value is -3.37. The van der Waals surface area contributed by atoms with Crippen LogP contribution in [0.4, 0.5) is 0 Å². The van der Waals surface area contributed by atoms with Crippen LogP contribution in [0, 0.1) is 6.92 Å². The number of rotatable bonds is 8. The van der Waals surface area contributed by atoms with Gasteiger partial charge in [-0.2, -0.15) is 8.42 Å². The number of fused-ring (bicyclic) bond motifs is 1. The van der Waals surface area contributed by atoms with Crippen molar-refractivity contribution < 1.29 is 31.8 Å². The largest absolute Gasteiger partial charge is 0.296 e. The summed E-state index contributed by atoms with van der Waals surface area (Å²) in [5, 5.41) is 0. The lowest BCUT2D eigenvalue weighted by atomic mass is 10.0. The Bertz CT molecular complexity index is 1220. The molecule has 2 aliphatic rings. The first-order chi connectivity index (χ1) is 16.2. The third kappa shape index (κ3) is 4.51. The van der Waals surface area contributed by atoms with E-state index in [1.807, 2.05) is 6.92 Å². The highest BCUT2D eigenvalue weighted by molar-refractivity contribution is 7.86. The van der Waals surface area contributed by atoms with E-state index in [9.17, 15) is 27.6 Å². The van der Waals surface area contributed by atoms with Gasteiger partial charge in [0.1, 0.15) is 6.04 Å². The van der Waals surface area contributed by atoms with Gasteiger partial charge in [-0.15, -0.1) is 0 Å². The third-order valence-corrected chi connectivity index (χ3v) is 7.27. The normalized spacial score (nSPS) is 18.6. The van der Waals surface area contributed by atoms with Crippen molar-refractivity contribution in [2.75, 3.05) is 13.2 Å². The Kier molecular flexibility index (Phi) is 6.63. The fourth-order valence-corrected chi connectivity index (χ4v) is 5.04. The summed E-state index contributed by atoms with van der Waals surface area (Å²) in [4.78, 5) is 52.9. The standard InChI is InChI=1S/C24H24N2O7S/c1-16-8-10-17(11-9-16)34(31,32)33-15-5-4-14-25-21(27)13-12-20(24(25)30)26-22(28)18-6-2-3-7-19(18)23(26)29/h2-3,6-11,20H,4-5,12-15H2,1H3. The molecule has 1 unspecified atom stereocenters.